The van der Waals surface area contributed by atoms with Gasteiger partial charge >= 0.3 is 6.03 Å². The van der Waals surface area contributed by atoms with Crippen molar-refractivity contribution in [2.75, 3.05) is 13.1 Å². The number of nitrogens with zero attached hydrogens (tertiary/aromatic N) is 3. The van der Waals surface area contributed by atoms with Crippen molar-refractivity contribution >= 4 is 6.03 Å². The Morgan fingerprint density at radius 3 is 3.00 bits per heavy atom. The van der Waals surface area contributed by atoms with E-state index in [1.54, 1.807) is 12.5 Å². The summed E-state index contributed by atoms with van der Waals surface area (Å²) in [5, 5.41) is 2.98. The molecule has 0 spiro atoms. The zero-order valence-electron chi connectivity index (χ0n) is 11.8. The maximum absolute atomic E-state index is 12.2. The summed E-state index contributed by atoms with van der Waals surface area (Å²) >= 11 is 0. The van der Waals surface area contributed by atoms with E-state index in [2.05, 4.69) is 27.4 Å². The van der Waals surface area contributed by atoms with Crippen molar-refractivity contribution in [1.29, 1.82) is 0 Å². The van der Waals surface area contributed by atoms with Crippen molar-refractivity contribution in [1.82, 2.24) is 20.2 Å². The number of hydrogen-bond acceptors (Lipinski definition) is 3. The maximum Gasteiger partial charge on any atom is 0.317 e. The highest BCUT2D eigenvalue weighted by molar-refractivity contribution is 5.74. The highest BCUT2D eigenvalue weighted by Crippen LogP contribution is 2.15. The van der Waals surface area contributed by atoms with Crippen LogP contribution in [0.2, 0.25) is 0 Å². The Morgan fingerprint density at radius 1 is 1.29 bits per heavy atom. The number of nitrogens with one attached hydrogen (secondary N) is 1. The van der Waals surface area contributed by atoms with E-state index in [0.717, 1.165) is 24.1 Å². The molecule has 2 amide bonds. The molecule has 0 saturated carbocycles. The lowest BCUT2D eigenvalue weighted by Crippen LogP contribution is -2.43. The summed E-state index contributed by atoms with van der Waals surface area (Å²) in [5.74, 6) is 0. The predicted octanol–water partition coefficient (Wildman–Crippen LogP) is 1.79. The van der Waals surface area contributed by atoms with Crippen LogP contribution in [-0.2, 0) is 19.4 Å². The third-order valence-corrected chi connectivity index (χ3v) is 3.68. The molecule has 5 heteroatoms. The Morgan fingerprint density at radius 2 is 2.14 bits per heavy atom. The first kappa shape index (κ1) is 13.5. The van der Waals surface area contributed by atoms with Crippen LogP contribution in [0.15, 0.2) is 42.9 Å². The molecule has 1 aliphatic rings. The van der Waals surface area contributed by atoms with Crippen LogP contribution in [0, 0.1) is 0 Å². The van der Waals surface area contributed by atoms with Crippen LogP contribution in [0.5, 0.6) is 0 Å². The van der Waals surface area contributed by atoms with Gasteiger partial charge in [0.1, 0.15) is 6.33 Å². The molecule has 2 heterocycles. The Bertz CT molecular complexity index is 615. The molecule has 1 aromatic heterocycles. The molecule has 0 bridgehead atoms. The third-order valence-electron chi connectivity index (χ3n) is 3.68. The van der Waals surface area contributed by atoms with E-state index in [9.17, 15) is 4.79 Å². The minimum atomic E-state index is -0.0135. The lowest BCUT2D eigenvalue weighted by atomic mass is 10.1. The van der Waals surface area contributed by atoms with Gasteiger partial charge in [0.05, 0.1) is 12.2 Å². The third kappa shape index (κ3) is 3.37. The van der Waals surface area contributed by atoms with Crippen molar-refractivity contribution in [3.8, 4) is 0 Å². The summed E-state index contributed by atoms with van der Waals surface area (Å²) in [6.45, 7) is 1.95. The molecule has 1 N–H and O–H groups in total. The number of fused-ring (bicyclic) bond motifs is 1. The van der Waals surface area contributed by atoms with Gasteiger partial charge < -0.3 is 10.2 Å². The normalized spacial score (nSPS) is 13.6. The van der Waals surface area contributed by atoms with Crippen LogP contribution in [0.4, 0.5) is 4.79 Å². The summed E-state index contributed by atoms with van der Waals surface area (Å²) in [5.41, 5.74) is 3.33. The van der Waals surface area contributed by atoms with Crippen LogP contribution >= 0.6 is 0 Å². The Balaban J connectivity index is 1.50. The Hall–Kier alpha value is -2.43. The van der Waals surface area contributed by atoms with Crippen molar-refractivity contribution < 1.29 is 4.79 Å². The first-order valence-corrected chi connectivity index (χ1v) is 7.17. The lowest BCUT2D eigenvalue weighted by Gasteiger charge is -2.27. The summed E-state index contributed by atoms with van der Waals surface area (Å²) in [6, 6.07) is 10.1. The number of hydrogen-bond donors (Lipinski definition) is 1. The monoisotopic (exact) mass is 282 g/mol. The number of benzene rings is 1. The molecule has 108 valence electrons. The number of aromatic nitrogens is 2. The van der Waals surface area contributed by atoms with Gasteiger partial charge in [0.15, 0.2) is 0 Å². The summed E-state index contributed by atoms with van der Waals surface area (Å²) < 4.78 is 0. The van der Waals surface area contributed by atoms with E-state index in [1.807, 2.05) is 23.1 Å². The number of amides is 2. The molecule has 0 atom stereocenters. The van der Waals surface area contributed by atoms with Crippen LogP contribution in [0.3, 0.4) is 0 Å². The second-order valence-electron chi connectivity index (χ2n) is 5.13. The van der Waals surface area contributed by atoms with Gasteiger partial charge in [-0.05, 0) is 12.0 Å². The molecule has 0 fully saturated rings. The standard InChI is InChI=1S/C16H18N4O/c21-16(18-8-6-13-4-2-1-3-5-13)20-9-7-15-14(11-20)10-17-12-19-15/h1-5,10,12H,6-9,11H2,(H,18,21). The van der Waals surface area contributed by atoms with Gasteiger partial charge in [0, 0.05) is 31.3 Å². The van der Waals surface area contributed by atoms with Gasteiger partial charge in [0.2, 0.25) is 0 Å². The SMILES string of the molecule is O=C(NCCc1ccccc1)N1CCc2ncncc2C1. The molecular formula is C16H18N4O. The number of carbonyl (C=O) groups excluding carboxylic acids is 1. The molecular weight excluding hydrogens is 264 g/mol. The minimum Gasteiger partial charge on any atom is -0.338 e. The van der Waals surface area contributed by atoms with E-state index in [1.165, 1.54) is 5.56 Å². The maximum atomic E-state index is 12.2. The molecule has 1 aliphatic heterocycles. The molecule has 0 aliphatic carbocycles. The smallest absolute Gasteiger partial charge is 0.317 e. The first-order valence-electron chi connectivity index (χ1n) is 7.17. The van der Waals surface area contributed by atoms with Gasteiger partial charge in [-0.15, -0.1) is 0 Å². The fraction of sp³-hybridized carbons (Fsp3) is 0.312. The molecule has 5 nitrogen and oxygen atoms in total. The van der Waals surface area contributed by atoms with Gasteiger partial charge in [0.25, 0.3) is 0 Å². The van der Waals surface area contributed by atoms with Gasteiger partial charge in [-0.25, -0.2) is 14.8 Å². The average molecular weight is 282 g/mol. The van der Waals surface area contributed by atoms with E-state index < -0.39 is 0 Å². The lowest BCUT2D eigenvalue weighted by molar-refractivity contribution is 0.192. The van der Waals surface area contributed by atoms with Gasteiger partial charge in [-0.1, -0.05) is 30.3 Å². The second-order valence-corrected chi connectivity index (χ2v) is 5.13. The molecule has 0 radical (unpaired) electrons. The van der Waals surface area contributed by atoms with Crippen LogP contribution in [0.25, 0.3) is 0 Å². The highest BCUT2D eigenvalue weighted by atomic mass is 16.2. The van der Waals surface area contributed by atoms with E-state index in [0.29, 0.717) is 19.6 Å². The van der Waals surface area contributed by atoms with E-state index in [4.69, 9.17) is 0 Å². The van der Waals surface area contributed by atoms with Crippen LogP contribution < -0.4 is 5.32 Å². The number of rotatable bonds is 3. The summed E-state index contributed by atoms with van der Waals surface area (Å²) in [6.07, 6.45) is 5.00. The fourth-order valence-electron chi connectivity index (χ4n) is 2.51. The minimum absolute atomic E-state index is 0.0135. The first-order chi connectivity index (χ1) is 10.3. The van der Waals surface area contributed by atoms with Crippen LogP contribution in [0.1, 0.15) is 16.8 Å². The van der Waals surface area contributed by atoms with Crippen molar-refractivity contribution in [3.63, 3.8) is 0 Å². The summed E-state index contributed by atoms with van der Waals surface area (Å²) in [4.78, 5) is 22.3. The van der Waals surface area contributed by atoms with E-state index in [-0.39, 0.29) is 6.03 Å². The van der Waals surface area contributed by atoms with Crippen molar-refractivity contribution in [2.24, 2.45) is 0 Å². The Kier molecular flexibility index (Phi) is 4.09. The molecule has 1 aromatic carbocycles. The number of urea groups is 1. The fourth-order valence-corrected chi connectivity index (χ4v) is 2.51. The molecule has 0 saturated heterocycles. The average Bonchev–Trinajstić information content (AvgIpc) is 2.55. The summed E-state index contributed by atoms with van der Waals surface area (Å²) in [7, 11) is 0. The van der Waals surface area contributed by atoms with Gasteiger partial charge in [-0.2, -0.15) is 0 Å². The van der Waals surface area contributed by atoms with E-state index >= 15 is 0 Å². The zero-order chi connectivity index (χ0) is 14.5. The predicted molar refractivity (Wildman–Crippen MR) is 79.7 cm³/mol. The zero-order valence-corrected chi connectivity index (χ0v) is 11.8. The molecule has 21 heavy (non-hydrogen) atoms. The van der Waals surface area contributed by atoms with Crippen molar-refractivity contribution in [3.05, 3.63) is 59.7 Å². The van der Waals surface area contributed by atoms with Crippen molar-refractivity contribution in [2.45, 2.75) is 19.4 Å². The second kappa shape index (κ2) is 6.35. The molecule has 0 unspecified atom stereocenters. The highest BCUT2D eigenvalue weighted by Gasteiger charge is 2.20. The molecule has 3 rings (SSSR count). The number of carbonyl (C=O) groups is 1. The Labute approximate surface area is 124 Å². The topological polar surface area (TPSA) is 58.1 Å². The quantitative estimate of drug-likeness (QED) is 0.933. The molecule has 2 aromatic rings. The van der Waals surface area contributed by atoms with Gasteiger partial charge in [-0.3, -0.25) is 0 Å². The van der Waals surface area contributed by atoms with Crippen LogP contribution in [-0.4, -0.2) is 34.0 Å². The largest absolute Gasteiger partial charge is 0.338 e.